The summed E-state index contributed by atoms with van der Waals surface area (Å²) in [7, 11) is 0. The fraction of sp³-hybridized carbons (Fsp3) is 0.833. The normalized spacial score (nSPS) is 34.7. The zero-order valence-electron chi connectivity index (χ0n) is 5.41. The Bertz CT molecular complexity index is 137. The largest absolute Gasteiger partial charge is 0.350 e. The minimum absolute atomic E-state index is 0.123. The Labute approximate surface area is 59.6 Å². The van der Waals surface area contributed by atoms with E-state index in [2.05, 4.69) is 5.32 Å². The summed E-state index contributed by atoms with van der Waals surface area (Å²) in [5, 5.41) is 2.81. The zero-order chi connectivity index (χ0) is 6.91. The van der Waals surface area contributed by atoms with Crippen molar-refractivity contribution in [2.45, 2.75) is 25.3 Å². The molecule has 1 fully saturated rings. The van der Waals surface area contributed by atoms with Gasteiger partial charge in [0.05, 0.1) is 5.54 Å². The summed E-state index contributed by atoms with van der Waals surface area (Å²) in [6.07, 6.45) is 1.50. The van der Waals surface area contributed by atoms with E-state index in [0.29, 0.717) is 12.3 Å². The van der Waals surface area contributed by atoms with Crippen LogP contribution in [0.4, 0.5) is 0 Å². The molecule has 1 atom stereocenters. The van der Waals surface area contributed by atoms with E-state index in [1.165, 1.54) is 0 Å². The van der Waals surface area contributed by atoms with E-state index in [9.17, 15) is 4.79 Å². The van der Waals surface area contributed by atoms with Gasteiger partial charge in [0.15, 0.2) is 0 Å². The predicted octanol–water partition coefficient (Wildman–Crippen LogP) is 0.894. The highest BCUT2D eigenvalue weighted by Crippen LogP contribution is 2.20. The second-order valence-electron chi connectivity index (χ2n) is 2.74. The van der Waals surface area contributed by atoms with Crippen molar-refractivity contribution in [3.05, 3.63) is 0 Å². The Balaban J connectivity index is 2.54. The number of nitrogens with one attached hydrogen (secondary N) is 1. The van der Waals surface area contributed by atoms with Crippen LogP contribution in [0.2, 0.25) is 0 Å². The molecule has 1 amide bonds. The fourth-order valence-electron chi connectivity index (χ4n) is 0.951. The molecule has 1 aliphatic heterocycles. The number of halogens is 1. The van der Waals surface area contributed by atoms with Crippen LogP contribution in [0.1, 0.15) is 19.8 Å². The molecule has 0 unspecified atom stereocenters. The first-order valence-corrected chi connectivity index (χ1v) is 3.57. The molecule has 0 bridgehead atoms. The van der Waals surface area contributed by atoms with Gasteiger partial charge in [0, 0.05) is 12.3 Å². The van der Waals surface area contributed by atoms with E-state index >= 15 is 0 Å². The van der Waals surface area contributed by atoms with E-state index < -0.39 is 0 Å². The van der Waals surface area contributed by atoms with Gasteiger partial charge in [0.25, 0.3) is 0 Å². The lowest BCUT2D eigenvalue weighted by atomic mass is 10.0. The second kappa shape index (κ2) is 2.18. The third-order valence-electron chi connectivity index (χ3n) is 1.64. The smallest absolute Gasteiger partial charge is 0.220 e. The van der Waals surface area contributed by atoms with Crippen molar-refractivity contribution < 1.29 is 4.79 Å². The maximum absolute atomic E-state index is 10.6. The average Bonchev–Trinajstić information content (AvgIpc) is 2.13. The number of carbonyl (C=O) groups excluding carboxylic acids is 1. The van der Waals surface area contributed by atoms with Gasteiger partial charge in [-0.25, -0.2) is 0 Å². The SMILES string of the molecule is C[C@@]1(CCl)CCC(=O)N1. The van der Waals surface area contributed by atoms with Gasteiger partial charge in [-0.1, -0.05) is 0 Å². The number of amides is 1. The van der Waals surface area contributed by atoms with Crippen LogP contribution in [-0.2, 0) is 4.79 Å². The lowest BCUT2D eigenvalue weighted by molar-refractivity contribution is -0.119. The van der Waals surface area contributed by atoms with Crippen LogP contribution in [0, 0.1) is 0 Å². The number of hydrogen-bond donors (Lipinski definition) is 1. The van der Waals surface area contributed by atoms with Crippen LogP contribution in [0.25, 0.3) is 0 Å². The van der Waals surface area contributed by atoms with E-state index in [1.54, 1.807) is 0 Å². The van der Waals surface area contributed by atoms with Crippen LogP contribution >= 0.6 is 11.6 Å². The van der Waals surface area contributed by atoms with E-state index in [1.807, 2.05) is 6.92 Å². The van der Waals surface area contributed by atoms with Crippen molar-refractivity contribution >= 4 is 17.5 Å². The summed E-state index contributed by atoms with van der Waals surface area (Å²) in [5.41, 5.74) is -0.126. The standard InChI is InChI=1S/C6H10ClNO/c1-6(4-7)3-2-5(9)8-6/h2-4H2,1H3,(H,8,9)/t6-/m0/s1. The Hall–Kier alpha value is -0.240. The van der Waals surface area contributed by atoms with Gasteiger partial charge in [-0.2, -0.15) is 0 Å². The lowest BCUT2D eigenvalue weighted by Crippen LogP contribution is -2.39. The molecule has 1 N–H and O–H groups in total. The third-order valence-corrected chi connectivity index (χ3v) is 2.23. The van der Waals surface area contributed by atoms with Gasteiger partial charge in [-0.3, -0.25) is 4.79 Å². The van der Waals surface area contributed by atoms with Crippen LogP contribution in [0.3, 0.4) is 0 Å². The molecule has 0 aromatic rings. The summed E-state index contributed by atoms with van der Waals surface area (Å²) >= 11 is 5.60. The second-order valence-corrected chi connectivity index (χ2v) is 3.01. The van der Waals surface area contributed by atoms with Gasteiger partial charge in [0.2, 0.25) is 5.91 Å². The molecule has 0 aromatic carbocycles. The number of rotatable bonds is 1. The summed E-state index contributed by atoms with van der Waals surface area (Å²) < 4.78 is 0. The first kappa shape index (κ1) is 6.87. The minimum atomic E-state index is -0.126. The monoisotopic (exact) mass is 147 g/mol. The van der Waals surface area contributed by atoms with E-state index in [4.69, 9.17) is 11.6 Å². The van der Waals surface area contributed by atoms with Crippen molar-refractivity contribution in [1.82, 2.24) is 5.32 Å². The molecule has 3 heteroatoms. The van der Waals surface area contributed by atoms with Crippen molar-refractivity contribution in [3.8, 4) is 0 Å². The Morgan fingerprint density at radius 3 is 2.78 bits per heavy atom. The molecule has 1 aliphatic rings. The van der Waals surface area contributed by atoms with E-state index in [0.717, 1.165) is 6.42 Å². The molecule has 0 saturated carbocycles. The molecule has 1 saturated heterocycles. The highest BCUT2D eigenvalue weighted by atomic mass is 35.5. The van der Waals surface area contributed by atoms with Crippen LogP contribution < -0.4 is 5.32 Å². The Morgan fingerprint density at radius 1 is 1.89 bits per heavy atom. The van der Waals surface area contributed by atoms with Gasteiger partial charge in [0.1, 0.15) is 0 Å². The van der Waals surface area contributed by atoms with Gasteiger partial charge >= 0.3 is 0 Å². The number of hydrogen-bond acceptors (Lipinski definition) is 1. The van der Waals surface area contributed by atoms with Gasteiger partial charge < -0.3 is 5.32 Å². The summed E-state index contributed by atoms with van der Waals surface area (Å²) in [6, 6.07) is 0. The summed E-state index contributed by atoms with van der Waals surface area (Å²) in [6.45, 7) is 1.96. The van der Waals surface area contributed by atoms with Crippen LogP contribution in [0.15, 0.2) is 0 Å². The molecule has 1 rings (SSSR count). The molecule has 0 spiro atoms. The van der Waals surface area contributed by atoms with Crippen molar-refractivity contribution in [2.24, 2.45) is 0 Å². The highest BCUT2D eigenvalue weighted by Gasteiger charge is 2.31. The fourth-order valence-corrected chi connectivity index (χ4v) is 1.15. The first-order chi connectivity index (χ1) is 4.16. The average molecular weight is 148 g/mol. The molecular formula is C6H10ClNO. The summed E-state index contributed by atoms with van der Waals surface area (Å²) in [5.74, 6) is 0.636. The lowest BCUT2D eigenvalue weighted by Gasteiger charge is -2.19. The molecule has 52 valence electrons. The molecule has 1 heterocycles. The minimum Gasteiger partial charge on any atom is -0.350 e. The molecule has 0 aliphatic carbocycles. The number of alkyl halides is 1. The van der Waals surface area contributed by atoms with Crippen molar-refractivity contribution in [1.29, 1.82) is 0 Å². The third kappa shape index (κ3) is 1.36. The molecule has 9 heavy (non-hydrogen) atoms. The zero-order valence-corrected chi connectivity index (χ0v) is 6.16. The molecule has 2 nitrogen and oxygen atoms in total. The van der Waals surface area contributed by atoms with Crippen LogP contribution in [0.5, 0.6) is 0 Å². The number of carbonyl (C=O) groups is 1. The Kier molecular flexibility index (Phi) is 1.66. The van der Waals surface area contributed by atoms with Crippen LogP contribution in [-0.4, -0.2) is 17.3 Å². The van der Waals surface area contributed by atoms with E-state index in [-0.39, 0.29) is 11.4 Å². The highest BCUT2D eigenvalue weighted by molar-refractivity contribution is 6.18. The van der Waals surface area contributed by atoms with Gasteiger partial charge in [-0.15, -0.1) is 11.6 Å². The predicted molar refractivity (Wildman–Crippen MR) is 36.5 cm³/mol. The quantitative estimate of drug-likeness (QED) is 0.549. The first-order valence-electron chi connectivity index (χ1n) is 3.03. The molecular weight excluding hydrogens is 138 g/mol. The van der Waals surface area contributed by atoms with Crippen molar-refractivity contribution in [3.63, 3.8) is 0 Å². The summed E-state index contributed by atoms with van der Waals surface area (Å²) in [4.78, 5) is 10.6. The van der Waals surface area contributed by atoms with Gasteiger partial charge in [-0.05, 0) is 13.3 Å². The topological polar surface area (TPSA) is 29.1 Å². The molecule has 0 aromatic heterocycles. The van der Waals surface area contributed by atoms with Crippen molar-refractivity contribution in [2.75, 3.05) is 5.88 Å². The maximum Gasteiger partial charge on any atom is 0.220 e. The Morgan fingerprint density at radius 2 is 2.56 bits per heavy atom. The maximum atomic E-state index is 10.6. The molecule has 0 radical (unpaired) electrons.